The average Bonchev–Trinajstić information content (AvgIpc) is 2.95. The Labute approximate surface area is 164 Å². The van der Waals surface area contributed by atoms with Crippen LogP contribution in [0.4, 0.5) is 11.4 Å². The monoisotopic (exact) mass is 376 g/mol. The number of carbonyl (C=O) groups is 3. The first-order chi connectivity index (χ1) is 13.5. The Kier molecular flexibility index (Phi) is 4.75. The SMILES string of the molecule is Cc1ccc(NC(=O)c2ccccc2N2C(=O)[C@@H]3CCCC[C@H]3C2=O)cc1C. The van der Waals surface area contributed by atoms with Gasteiger partial charge in [-0.25, -0.2) is 4.90 Å². The van der Waals surface area contributed by atoms with Crippen LogP contribution in [0, 0.1) is 25.7 Å². The summed E-state index contributed by atoms with van der Waals surface area (Å²) in [4.78, 5) is 40.1. The number of imide groups is 1. The van der Waals surface area contributed by atoms with E-state index >= 15 is 0 Å². The molecule has 2 aromatic rings. The maximum absolute atomic E-state index is 13.0. The highest BCUT2D eigenvalue weighted by molar-refractivity contribution is 6.24. The van der Waals surface area contributed by atoms with Gasteiger partial charge in [0.2, 0.25) is 11.8 Å². The van der Waals surface area contributed by atoms with Crippen LogP contribution in [0.3, 0.4) is 0 Å². The number of aryl methyl sites for hydroxylation is 2. The molecule has 0 bridgehead atoms. The first-order valence-electron chi connectivity index (χ1n) is 9.83. The van der Waals surface area contributed by atoms with Crippen molar-refractivity contribution in [3.63, 3.8) is 0 Å². The minimum absolute atomic E-state index is 0.166. The smallest absolute Gasteiger partial charge is 0.257 e. The fourth-order valence-corrected chi connectivity index (χ4v) is 4.28. The van der Waals surface area contributed by atoms with Gasteiger partial charge in [-0.1, -0.05) is 31.0 Å². The standard InChI is InChI=1S/C23H24N2O3/c1-14-11-12-16(13-15(14)2)24-21(26)19-9-5-6-10-20(19)25-22(27)17-7-3-4-8-18(17)23(25)28/h5-6,9-13,17-18H,3-4,7-8H2,1-2H3,(H,24,26)/t17-,18-/m1/s1. The molecule has 1 aliphatic heterocycles. The summed E-state index contributed by atoms with van der Waals surface area (Å²) in [7, 11) is 0. The summed E-state index contributed by atoms with van der Waals surface area (Å²) < 4.78 is 0. The molecule has 2 atom stereocenters. The van der Waals surface area contributed by atoms with E-state index in [1.54, 1.807) is 24.3 Å². The van der Waals surface area contributed by atoms with Gasteiger partial charge in [-0.2, -0.15) is 0 Å². The van der Waals surface area contributed by atoms with Crippen LogP contribution in [0.2, 0.25) is 0 Å². The second-order valence-electron chi connectivity index (χ2n) is 7.78. The van der Waals surface area contributed by atoms with E-state index in [9.17, 15) is 14.4 Å². The Bertz CT molecular complexity index is 942. The molecule has 1 saturated carbocycles. The summed E-state index contributed by atoms with van der Waals surface area (Å²) >= 11 is 0. The quantitative estimate of drug-likeness (QED) is 0.815. The van der Waals surface area contributed by atoms with Crippen LogP contribution in [0.15, 0.2) is 42.5 Å². The molecule has 0 radical (unpaired) electrons. The molecule has 3 amide bonds. The summed E-state index contributed by atoms with van der Waals surface area (Å²) in [6.45, 7) is 4.00. The summed E-state index contributed by atoms with van der Waals surface area (Å²) in [6, 6.07) is 12.6. The lowest BCUT2D eigenvalue weighted by molar-refractivity contribution is -0.122. The number of amides is 3. The van der Waals surface area contributed by atoms with Gasteiger partial charge in [0.25, 0.3) is 5.91 Å². The summed E-state index contributed by atoms with van der Waals surface area (Å²) in [5.41, 5.74) is 3.64. The second-order valence-corrected chi connectivity index (χ2v) is 7.78. The molecule has 0 spiro atoms. The molecule has 28 heavy (non-hydrogen) atoms. The van der Waals surface area contributed by atoms with E-state index < -0.39 is 0 Å². The lowest BCUT2D eigenvalue weighted by atomic mass is 9.81. The Morgan fingerprint density at radius 2 is 1.57 bits per heavy atom. The molecule has 2 aliphatic rings. The van der Waals surface area contributed by atoms with Crippen molar-refractivity contribution >= 4 is 29.1 Å². The molecule has 2 fully saturated rings. The van der Waals surface area contributed by atoms with Crippen LogP contribution >= 0.6 is 0 Å². The van der Waals surface area contributed by atoms with Gasteiger partial charge in [0, 0.05) is 5.69 Å². The van der Waals surface area contributed by atoms with E-state index in [0.717, 1.165) is 36.8 Å². The van der Waals surface area contributed by atoms with Crippen molar-refractivity contribution in [3.05, 3.63) is 59.2 Å². The van der Waals surface area contributed by atoms with E-state index in [1.807, 2.05) is 32.0 Å². The van der Waals surface area contributed by atoms with Gasteiger partial charge in [-0.15, -0.1) is 0 Å². The number of para-hydroxylation sites is 1. The normalized spacial score (nSPS) is 21.6. The highest BCUT2D eigenvalue weighted by atomic mass is 16.2. The average molecular weight is 376 g/mol. The van der Waals surface area contributed by atoms with Gasteiger partial charge in [-0.05, 0) is 62.1 Å². The zero-order chi connectivity index (χ0) is 19.8. The number of benzene rings is 2. The molecular formula is C23H24N2O3. The Hall–Kier alpha value is -2.95. The molecule has 0 aromatic heterocycles. The first-order valence-corrected chi connectivity index (χ1v) is 9.83. The van der Waals surface area contributed by atoms with E-state index in [2.05, 4.69) is 5.32 Å². The molecule has 0 unspecified atom stereocenters. The molecule has 5 nitrogen and oxygen atoms in total. The van der Waals surface area contributed by atoms with Gasteiger partial charge in [0.05, 0.1) is 23.1 Å². The number of hydrogen-bond acceptors (Lipinski definition) is 3. The van der Waals surface area contributed by atoms with E-state index in [-0.39, 0.29) is 29.6 Å². The number of nitrogens with zero attached hydrogens (tertiary/aromatic N) is 1. The zero-order valence-corrected chi connectivity index (χ0v) is 16.2. The van der Waals surface area contributed by atoms with Gasteiger partial charge < -0.3 is 5.32 Å². The fraction of sp³-hybridized carbons (Fsp3) is 0.348. The number of rotatable bonds is 3. The molecule has 5 heteroatoms. The largest absolute Gasteiger partial charge is 0.322 e. The first kappa shape index (κ1) is 18.4. The minimum Gasteiger partial charge on any atom is -0.322 e. The molecular weight excluding hydrogens is 352 g/mol. The van der Waals surface area contributed by atoms with Crippen LogP contribution in [-0.4, -0.2) is 17.7 Å². The number of nitrogens with one attached hydrogen (secondary N) is 1. The van der Waals surface area contributed by atoms with E-state index in [4.69, 9.17) is 0 Å². The van der Waals surface area contributed by atoms with Gasteiger partial charge in [0.1, 0.15) is 0 Å². The molecule has 2 aromatic carbocycles. The predicted molar refractivity (Wildman–Crippen MR) is 108 cm³/mol. The maximum Gasteiger partial charge on any atom is 0.257 e. The topological polar surface area (TPSA) is 66.5 Å². The Morgan fingerprint density at radius 1 is 0.929 bits per heavy atom. The van der Waals surface area contributed by atoms with Crippen LogP contribution in [0.5, 0.6) is 0 Å². The van der Waals surface area contributed by atoms with Crippen LogP contribution in [0.25, 0.3) is 0 Å². The molecule has 1 heterocycles. The minimum atomic E-state index is -0.325. The van der Waals surface area contributed by atoms with Crippen molar-refractivity contribution in [1.82, 2.24) is 0 Å². The Balaban J connectivity index is 1.65. The third-order valence-corrected chi connectivity index (χ3v) is 6.00. The second kappa shape index (κ2) is 7.23. The maximum atomic E-state index is 13.0. The zero-order valence-electron chi connectivity index (χ0n) is 16.2. The van der Waals surface area contributed by atoms with Crippen molar-refractivity contribution in [1.29, 1.82) is 0 Å². The number of hydrogen-bond donors (Lipinski definition) is 1. The molecule has 1 N–H and O–H groups in total. The fourth-order valence-electron chi connectivity index (χ4n) is 4.28. The molecule has 1 aliphatic carbocycles. The lowest BCUT2D eigenvalue weighted by Crippen LogP contribution is -2.32. The van der Waals surface area contributed by atoms with Crippen LogP contribution in [0.1, 0.15) is 47.2 Å². The number of carbonyl (C=O) groups excluding carboxylic acids is 3. The van der Waals surface area contributed by atoms with Crippen molar-refractivity contribution in [3.8, 4) is 0 Å². The molecule has 1 saturated heterocycles. The van der Waals surface area contributed by atoms with E-state index in [0.29, 0.717) is 16.9 Å². The van der Waals surface area contributed by atoms with Crippen LogP contribution in [-0.2, 0) is 9.59 Å². The van der Waals surface area contributed by atoms with Crippen LogP contribution < -0.4 is 10.2 Å². The summed E-state index contributed by atoms with van der Waals surface area (Å²) in [6.07, 6.45) is 3.46. The molecule has 4 rings (SSSR count). The summed E-state index contributed by atoms with van der Waals surface area (Å²) in [5, 5.41) is 2.89. The lowest BCUT2D eigenvalue weighted by Gasteiger charge is -2.19. The number of fused-ring (bicyclic) bond motifs is 1. The van der Waals surface area contributed by atoms with Crippen molar-refractivity contribution < 1.29 is 14.4 Å². The number of anilines is 2. The highest BCUT2D eigenvalue weighted by Crippen LogP contribution is 2.41. The predicted octanol–water partition coefficient (Wildman–Crippen LogP) is 4.24. The van der Waals surface area contributed by atoms with E-state index in [1.165, 1.54) is 4.90 Å². The third kappa shape index (κ3) is 3.11. The van der Waals surface area contributed by atoms with Crippen molar-refractivity contribution in [2.24, 2.45) is 11.8 Å². The van der Waals surface area contributed by atoms with Gasteiger partial charge in [0.15, 0.2) is 0 Å². The van der Waals surface area contributed by atoms with Crippen molar-refractivity contribution in [2.45, 2.75) is 39.5 Å². The molecule has 144 valence electrons. The third-order valence-electron chi connectivity index (χ3n) is 6.00. The highest BCUT2D eigenvalue weighted by Gasteiger charge is 2.49. The van der Waals surface area contributed by atoms with Crippen molar-refractivity contribution in [2.75, 3.05) is 10.2 Å². The Morgan fingerprint density at radius 3 is 2.21 bits per heavy atom. The van der Waals surface area contributed by atoms with Gasteiger partial charge in [-0.3, -0.25) is 14.4 Å². The van der Waals surface area contributed by atoms with Gasteiger partial charge >= 0.3 is 0 Å². The summed E-state index contributed by atoms with van der Waals surface area (Å²) in [5.74, 6) is -1.13.